The number of hydrogen-bond donors (Lipinski definition) is 1. The Morgan fingerprint density at radius 1 is 1.09 bits per heavy atom. The minimum Gasteiger partial charge on any atom is -0.371 e. The Labute approximate surface area is 201 Å². The second-order valence-electron chi connectivity index (χ2n) is 7.32. The van der Waals surface area contributed by atoms with Gasteiger partial charge in [-0.05, 0) is 53.9 Å². The third kappa shape index (κ3) is 4.91. The Morgan fingerprint density at radius 2 is 1.94 bits per heavy atom. The van der Waals surface area contributed by atoms with Crippen molar-refractivity contribution in [3.05, 3.63) is 76.5 Å². The van der Waals surface area contributed by atoms with Gasteiger partial charge in [0.15, 0.2) is 0 Å². The van der Waals surface area contributed by atoms with Crippen LogP contribution in [0.4, 0.5) is 4.39 Å². The Morgan fingerprint density at radius 3 is 2.75 bits per heavy atom. The number of nitrogens with zero attached hydrogens (tertiary/aromatic N) is 2. The average molecular weight is 509 g/mol. The van der Waals surface area contributed by atoms with Gasteiger partial charge in [0, 0.05) is 41.1 Å². The van der Waals surface area contributed by atoms with Crippen molar-refractivity contribution in [1.82, 2.24) is 9.78 Å². The largest absolute Gasteiger partial charge is 0.371 e. The number of halogens is 2. The van der Waals surface area contributed by atoms with E-state index < -0.39 is 0 Å². The van der Waals surface area contributed by atoms with Crippen molar-refractivity contribution in [2.75, 3.05) is 12.5 Å². The summed E-state index contributed by atoms with van der Waals surface area (Å²) in [4.78, 5) is 0. The second kappa shape index (κ2) is 10.4. The zero-order valence-corrected chi connectivity index (χ0v) is 20.1. The molecule has 0 bridgehead atoms. The molecule has 0 radical (unpaired) electrons. The molecule has 0 atom stereocenters. The number of hydrogen-bond acceptors (Lipinski definition) is 3. The van der Waals surface area contributed by atoms with Crippen LogP contribution < -0.4 is 0 Å². The van der Waals surface area contributed by atoms with Crippen molar-refractivity contribution < 1.29 is 9.13 Å². The van der Waals surface area contributed by atoms with E-state index in [4.69, 9.17) is 4.74 Å². The van der Waals surface area contributed by atoms with Gasteiger partial charge < -0.3 is 4.74 Å². The third-order valence-electron chi connectivity index (χ3n) is 5.18. The van der Waals surface area contributed by atoms with Gasteiger partial charge in [0.2, 0.25) is 0 Å². The van der Waals surface area contributed by atoms with Crippen LogP contribution in [0, 0.1) is 17.7 Å². The topological polar surface area (TPSA) is 27.1 Å². The lowest BCUT2D eigenvalue weighted by Crippen LogP contribution is -1.92. The van der Waals surface area contributed by atoms with Crippen LogP contribution in [0.3, 0.4) is 0 Å². The normalized spacial score (nSPS) is 10.9. The summed E-state index contributed by atoms with van der Waals surface area (Å²) in [5.41, 5.74) is 4.63. The molecule has 0 aliphatic carbocycles. The standard InChI is InChI=1S/C26H22BrFN2OS/c1-30-25-16-20(27)11-13-23(25)26(29-30)22-12-10-19(15-24(22)28)21-9-5-4-8-18(21)7-3-2-6-14-31-17-32/h4-5,8-13,15-16,32H,2,6,14,17H2,1H3. The number of aryl methyl sites for hydroxylation is 1. The summed E-state index contributed by atoms with van der Waals surface area (Å²) in [6, 6.07) is 19.0. The molecule has 0 amide bonds. The lowest BCUT2D eigenvalue weighted by Gasteiger charge is -2.08. The van der Waals surface area contributed by atoms with E-state index in [0.717, 1.165) is 44.9 Å². The van der Waals surface area contributed by atoms with Crippen LogP contribution in [0.2, 0.25) is 0 Å². The van der Waals surface area contributed by atoms with Crippen LogP contribution in [0.5, 0.6) is 0 Å². The quantitative estimate of drug-likeness (QED) is 0.133. The van der Waals surface area contributed by atoms with E-state index in [0.29, 0.717) is 23.8 Å². The summed E-state index contributed by atoms with van der Waals surface area (Å²) in [6.07, 6.45) is 1.59. The van der Waals surface area contributed by atoms with Gasteiger partial charge >= 0.3 is 0 Å². The molecule has 6 heteroatoms. The molecule has 0 fully saturated rings. The highest BCUT2D eigenvalue weighted by Gasteiger charge is 2.16. The van der Waals surface area contributed by atoms with E-state index in [9.17, 15) is 0 Å². The summed E-state index contributed by atoms with van der Waals surface area (Å²) >= 11 is 7.51. The highest BCUT2D eigenvalue weighted by molar-refractivity contribution is 9.10. The number of rotatable bonds is 6. The van der Waals surface area contributed by atoms with Gasteiger partial charge in [-0.1, -0.05) is 52.0 Å². The van der Waals surface area contributed by atoms with E-state index in [1.165, 1.54) is 0 Å². The molecule has 1 heterocycles. The summed E-state index contributed by atoms with van der Waals surface area (Å²) < 4.78 is 23.2. The molecular weight excluding hydrogens is 487 g/mol. The first-order chi connectivity index (χ1) is 15.6. The van der Waals surface area contributed by atoms with Gasteiger partial charge in [-0.25, -0.2) is 4.39 Å². The van der Waals surface area contributed by atoms with Crippen LogP contribution in [0.1, 0.15) is 18.4 Å². The zero-order valence-electron chi connectivity index (χ0n) is 17.6. The number of benzene rings is 3. The number of unbranched alkanes of at least 4 members (excludes halogenated alkanes) is 1. The van der Waals surface area contributed by atoms with Gasteiger partial charge in [-0.2, -0.15) is 17.7 Å². The molecule has 0 N–H and O–H groups in total. The first kappa shape index (κ1) is 22.6. The van der Waals surface area contributed by atoms with Crippen molar-refractivity contribution in [2.24, 2.45) is 7.05 Å². The van der Waals surface area contributed by atoms with Crippen LogP contribution in [0.25, 0.3) is 33.3 Å². The smallest absolute Gasteiger partial charge is 0.133 e. The Kier molecular flexibility index (Phi) is 7.31. The van der Waals surface area contributed by atoms with Gasteiger partial charge in [0.25, 0.3) is 0 Å². The molecule has 32 heavy (non-hydrogen) atoms. The fourth-order valence-electron chi connectivity index (χ4n) is 3.63. The molecule has 3 aromatic carbocycles. The fraction of sp³-hybridized carbons (Fsp3) is 0.192. The molecule has 1 aromatic heterocycles. The highest BCUT2D eigenvalue weighted by Crippen LogP contribution is 2.33. The number of aromatic nitrogens is 2. The third-order valence-corrected chi connectivity index (χ3v) is 5.86. The lowest BCUT2D eigenvalue weighted by atomic mass is 9.97. The van der Waals surface area contributed by atoms with Crippen molar-refractivity contribution >= 4 is 39.5 Å². The Hall–Kier alpha value is -2.59. The van der Waals surface area contributed by atoms with Crippen LogP contribution in [0.15, 0.2) is 65.1 Å². The van der Waals surface area contributed by atoms with Gasteiger partial charge in [-0.3, -0.25) is 4.68 Å². The maximum Gasteiger partial charge on any atom is 0.133 e. The van der Waals surface area contributed by atoms with Crippen LogP contribution in [-0.2, 0) is 11.8 Å². The molecule has 3 nitrogen and oxygen atoms in total. The molecule has 0 spiro atoms. The maximum absolute atomic E-state index is 15.3. The number of thiol groups is 1. The molecule has 0 unspecified atom stereocenters. The molecule has 0 aliphatic rings. The highest BCUT2D eigenvalue weighted by atomic mass is 79.9. The van der Waals surface area contributed by atoms with Crippen LogP contribution >= 0.6 is 28.6 Å². The van der Waals surface area contributed by atoms with E-state index in [-0.39, 0.29) is 5.82 Å². The van der Waals surface area contributed by atoms with E-state index in [1.54, 1.807) is 16.8 Å². The Balaban J connectivity index is 1.65. The second-order valence-corrected chi connectivity index (χ2v) is 8.49. The zero-order chi connectivity index (χ0) is 22.5. The van der Waals surface area contributed by atoms with Gasteiger partial charge in [-0.15, -0.1) is 0 Å². The fourth-order valence-corrected chi connectivity index (χ4v) is 4.11. The molecule has 0 saturated heterocycles. The number of ether oxygens (including phenoxy) is 1. The molecule has 4 rings (SSSR count). The van der Waals surface area contributed by atoms with Crippen molar-refractivity contribution in [2.45, 2.75) is 12.8 Å². The first-order valence-corrected chi connectivity index (χ1v) is 11.7. The van der Waals surface area contributed by atoms with Gasteiger partial charge in [0.05, 0.1) is 11.5 Å². The van der Waals surface area contributed by atoms with E-state index >= 15 is 4.39 Å². The summed E-state index contributed by atoms with van der Waals surface area (Å²) in [5.74, 6) is 6.52. The molecule has 4 aromatic rings. The molecule has 0 aliphatic heterocycles. The predicted molar refractivity (Wildman–Crippen MR) is 135 cm³/mol. The number of fused-ring (bicyclic) bond motifs is 1. The van der Waals surface area contributed by atoms with Crippen LogP contribution in [-0.4, -0.2) is 22.3 Å². The van der Waals surface area contributed by atoms with Crippen molar-refractivity contribution in [3.63, 3.8) is 0 Å². The first-order valence-electron chi connectivity index (χ1n) is 10.3. The van der Waals surface area contributed by atoms with Crippen molar-refractivity contribution in [3.8, 4) is 34.2 Å². The summed E-state index contributed by atoms with van der Waals surface area (Å²) in [5, 5.41) is 5.48. The lowest BCUT2D eigenvalue weighted by molar-refractivity contribution is 0.182. The van der Waals surface area contributed by atoms with Gasteiger partial charge in [0.1, 0.15) is 11.5 Å². The minimum atomic E-state index is -0.308. The van der Waals surface area contributed by atoms with Crippen molar-refractivity contribution in [1.29, 1.82) is 0 Å². The Bertz CT molecular complexity index is 1320. The average Bonchev–Trinajstić information content (AvgIpc) is 3.11. The minimum absolute atomic E-state index is 0.308. The molecular formula is C26H22BrFN2OS. The summed E-state index contributed by atoms with van der Waals surface area (Å²) in [6.45, 7) is 0.645. The van der Waals surface area contributed by atoms with E-state index in [2.05, 4.69) is 45.5 Å². The predicted octanol–water partition coefficient (Wildman–Crippen LogP) is 6.84. The SMILES string of the molecule is Cn1nc(-c2ccc(-c3ccccc3C#CCCCOCS)cc2F)c2ccc(Br)cc21. The summed E-state index contributed by atoms with van der Waals surface area (Å²) in [7, 11) is 1.87. The monoisotopic (exact) mass is 508 g/mol. The van der Waals surface area contributed by atoms with E-state index in [1.807, 2.05) is 55.6 Å². The molecule has 0 saturated carbocycles. The molecule has 162 valence electrons. The maximum atomic E-state index is 15.3.